The van der Waals surface area contributed by atoms with Gasteiger partial charge in [-0.25, -0.2) is 9.97 Å². The highest BCUT2D eigenvalue weighted by Crippen LogP contribution is 2.20. The van der Waals surface area contributed by atoms with Crippen LogP contribution in [0.5, 0.6) is 0 Å². The van der Waals surface area contributed by atoms with Gasteiger partial charge in [0.1, 0.15) is 11.0 Å². The molecule has 0 saturated carbocycles. The molecule has 1 aromatic heterocycles. The van der Waals surface area contributed by atoms with E-state index in [1.807, 2.05) is 6.07 Å². The Labute approximate surface area is 90.7 Å². The third kappa shape index (κ3) is 2.68. The lowest BCUT2D eigenvalue weighted by atomic mass is 10.1. The monoisotopic (exact) mass is 212 g/mol. The maximum absolute atomic E-state index is 5.94. The van der Waals surface area contributed by atoms with E-state index in [2.05, 4.69) is 37.7 Å². The molecule has 0 amide bonds. The van der Waals surface area contributed by atoms with Crippen molar-refractivity contribution < 1.29 is 0 Å². The van der Waals surface area contributed by atoms with Gasteiger partial charge in [0.25, 0.3) is 0 Å². The molecular weight excluding hydrogens is 196 g/mol. The van der Waals surface area contributed by atoms with Gasteiger partial charge >= 0.3 is 0 Å². The molecule has 0 aliphatic rings. The molecule has 0 fully saturated rings. The van der Waals surface area contributed by atoms with Gasteiger partial charge in [0.15, 0.2) is 0 Å². The van der Waals surface area contributed by atoms with E-state index in [9.17, 15) is 0 Å². The molecule has 0 N–H and O–H groups in total. The molecule has 3 heteroatoms. The first-order chi connectivity index (χ1) is 6.54. The molecular formula is C11H17ClN2. The van der Waals surface area contributed by atoms with Gasteiger partial charge in [-0.1, -0.05) is 39.3 Å². The Bertz CT molecular complexity index is 310. The van der Waals surface area contributed by atoms with Crippen LogP contribution in [0, 0.1) is 0 Å². The molecule has 1 heterocycles. The zero-order valence-corrected chi connectivity index (χ0v) is 9.97. The predicted molar refractivity (Wildman–Crippen MR) is 59.8 cm³/mol. The van der Waals surface area contributed by atoms with Gasteiger partial charge < -0.3 is 0 Å². The Morgan fingerprint density at radius 3 is 2.43 bits per heavy atom. The molecule has 14 heavy (non-hydrogen) atoms. The lowest BCUT2D eigenvalue weighted by Crippen LogP contribution is -2.04. The molecule has 1 aromatic rings. The van der Waals surface area contributed by atoms with Crippen LogP contribution in [0.1, 0.15) is 57.5 Å². The summed E-state index contributed by atoms with van der Waals surface area (Å²) in [6, 6.07) is 1.85. The number of nitrogens with zero attached hydrogens (tertiary/aromatic N) is 2. The Morgan fingerprint density at radius 1 is 1.29 bits per heavy atom. The number of hydrogen-bond acceptors (Lipinski definition) is 2. The summed E-state index contributed by atoms with van der Waals surface area (Å²) in [5.41, 5.74) is 1.03. The summed E-state index contributed by atoms with van der Waals surface area (Å²) < 4.78 is 0. The first-order valence-electron chi connectivity index (χ1n) is 5.09. The van der Waals surface area contributed by atoms with E-state index in [1.54, 1.807) is 0 Å². The van der Waals surface area contributed by atoms with Gasteiger partial charge in [-0.3, -0.25) is 0 Å². The third-order valence-corrected chi connectivity index (χ3v) is 2.57. The highest BCUT2D eigenvalue weighted by molar-refractivity contribution is 6.29. The molecule has 1 unspecified atom stereocenters. The largest absolute Gasteiger partial charge is 0.237 e. The Balaban J connectivity index is 3.07. The molecule has 0 saturated heterocycles. The van der Waals surface area contributed by atoms with Crippen LogP contribution in [-0.4, -0.2) is 9.97 Å². The van der Waals surface area contributed by atoms with Gasteiger partial charge in [0.2, 0.25) is 0 Å². The summed E-state index contributed by atoms with van der Waals surface area (Å²) >= 11 is 5.94. The van der Waals surface area contributed by atoms with Crippen LogP contribution < -0.4 is 0 Å². The summed E-state index contributed by atoms with van der Waals surface area (Å²) in [7, 11) is 0. The second-order valence-electron chi connectivity index (χ2n) is 3.94. The van der Waals surface area contributed by atoms with Crippen LogP contribution in [0.15, 0.2) is 6.07 Å². The fourth-order valence-electron chi connectivity index (χ4n) is 1.15. The fraction of sp³-hybridized carbons (Fsp3) is 0.636. The smallest absolute Gasteiger partial charge is 0.133 e. The molecule has 0 aromatic carbocycles. The molecule has 78 valence electrons. The van der Waals surface area contributed by atoms with Gasteiger partial charge in [0.05, 0.1) is 0 Å². The van der Waals surface area contributed by atoms with Gasteiger partial charge in [0, 0.05) is 11.6 Å². The van der Waals surface area contributed by atoms with Crippen LogP contribution in [0.25, 0.3) is 0 Å². The first kappa shape index (κ1) is 11.4. The zero-order chi connectivity index (χ0) is 10.7. The summed E-state index contributed by atoms with van der Waals surface area (Å²) in [6.45, 7) is 8.47. The molecule has 2 nitrogen and oxygen atoms in total. The summed E-state index contributed by atoms with van der Waals surface area (Å²) in [6.07, 6.45) is 1.04. The maximum atomic E-state index is 5.94. The number of aromatic nitrogens is 2. The normalized spacial score (nSPS) is 13.3. The number of rotatable bonds is 3. The average molecular weight is 213 g/mol. The van der Waals surface area contributed by atoms with Crippen LogP contribution in [0.2, 0.25) is 5.15 Å². The predicted octanol–water partition coefficient (Wildman–Crippen LogP) is 3.77. The topological polar surface area (TPSA) is 25.8 Å². The molecule has 0 bridgehead atoms. The summed E-state index contributed by atoms with van der Waals surface area (Å²) in [4.78, 5) is 8.75. The van der Waals surface area contributed by atoms with Crippen molar-refractivity contribution in [1.82, 2.24) is 9.97 Å². The van der Waals surface area contributed by atoms with Crippen molar-refractivity contribution in [1.29, 1.82) is 0 Å². The molecule has 0 spiro atoms. The maximum Gasteiger partial charge on any atom is 0.133 e. The molecule has 0 aliphatic heterocycles. The van der Waals surface area contributed by atoms with Crippen LogP contribution in [0.4, 0.5) is 0 Å². The van der Waals surface area contributed by atoms with Crippen LogP contribution in [0.3, 0.4) is 0 Å². The second-order valence-corrected chi connectivity index (χ2v) is 4.32. The van der Waals surface area contributed by atoms with E-state index in [1.165, 1.54) is 0 Å². The van der Waals surface area contributed by atoms with Crippen molar-refractivity contribution in [3.8, 4) is 0 Å². The van der Waals surface area contributed by atoms with E-state index in [4.69, 9.17) is 11.6 Å². The number of hydrogen-bond donors (Lipinski definition) is 0. The van der Waals surface area contributed by atoms with Crippen molar-refractivity contribution in [2.75, 3.05) is 0 Å². The molecule has 0 radical (unpaired) electrons. The quantitative estimate of drug-likeness (QED) is 0.713. The highest BCUT2D eigenvalue weighted by Gasteiger charge is 2.10. The van der Waals surface area contributed by atoms with E-state index in [0.717, 1.165) is 17.9 Å². The summed E-state index contributed by atoms with van der Waals surface area (Å²) in [5, 5.41) is 0.555. The third-order valence-electron chi connectivity index (χ3n) is 2.38. The van der Waals surface area contributed by atoms with Crippen molar-refractivity contribution in [3.63, 3.8) is 0 Å². The standard InChI is InChI=1S/C11H17ClN2/c1-5-8(4)11-13-9(7(2)3)6-10(12)14-11/h6-8H,5H2,1-4H3. The lowest BCUT2D eigenvalue weighted by molar-refractivity contribution is 0.662. The van der Waals surface area contributed by atoms with E-state index < -0.39 is 0 Å². The van der Waals surface area contributed by atoms with Crippen molar-refractivity contribution in [2.24, 2.45) is 0 Å². The molecule has 0 aliphatic carbocycles. The van der Waals surface area contributed by atoms with E-state index in [0.29, 0.717) is 17.0 Å². The van der Waals surface area contributed by atoms with Gasteiger partial charge in [-0.2, -0.15) is 0 Å². The molecule has 1 atom stereocenters. The van der Waals surface area contributed by atoms with Crippen LogP contribution >= 0.6 is 11.6 Å². The summed E-state index contributed by atoms with van der Waals surface area (Å²) in [5.74, 6) is 1.65. The SMILES string of the molecule is CCC(C)c1nc(Cl)cc(C(C)C)n1. The van der Waals surface area contributed by atoms with Gasteiger partial charge in [-0.15, -0.1) is 0 Å². The zero-order valence-electron chi connectivity index (χ0n) is 9.21. The Morgan fingerprint density at radius 2 is 1.93 bits per heavy atom. The van der Waals surface area contributed by atoms with Crippen molar-refractivity contribution in [3.05, 3.63) is 22.7 Å². The Hall–Kier alpha value is -0.630. The fourth-order valence-corrected chi connectivity index (χ4v) is 1.35. The van der Waals surface area contributed by atoms with E-state index in [-0.39, 0.29) is 0 Å². The van der Waals surface area contributed by atoms with Crippen molar-refractivity contribution in [2.45, 2.75) is 46.0 Å². The number of halogens is 1. The first-order valence-corrected chi connectivity index (χ1v) is 5.46. The lowest BCUT2D eigenvalue weighted by Gasteiger charge is -2.11. The van der Waals surface area contributed by atoms with Gasteiger partial charge in [-0.05, 0) is 18.4 Å². The highest BCUT2D eigenvalue weighted by atomic mass is 35.5. The Kier molecular flexibility index (Phi) is 3.87. The average Bonchev–Trinajstić information content (AvgIpc) is 2.15. The second kappa shape index (κ2) is 4.74. The minimum atomic E-state index is 0.381. The van der Waals surface area contributed by atoms with E-state index >= 15 is 0 Å². The van der Waals surface area contributed by atoms with Crippen LogP contribution in [-0.2, 0) is 0 Å². The van der Waals surface area contributed by atoms with Crippen molar-refractivity contribution >= 4 is 11.6 Å². The minimum Gasteiger partial charge on any atom is -0.237 e. The molecule has 1 rings (SSSR count). The minimum absolute atomic E-state index is 0.381.